The van der Waals surface area contributed by atoms with Crippen LogP contribution in [0.2, 0.25) is 0 Å². The summed E-state index contributed by atoms with van der Waals surface area (Å²) in [6.07, 6.45) is 0.389. The Morgan fingerprint density at radius 1 is 1.26 bits per heavy atom. The molecule has 1 aliphatic rings. The first-order chi connectivity index (χ1) is 10.9. The molecule has 2 aromatic rings. The van der Waals surface area contributed by atoms with Gasteiger partial charge in [0, 0.05) is 6.04 Å². The van der Waals surface area contributed by atoms with E-state index in [1.165, 1.54) is 0 Å². The maximum Gasteiger partial charge on any atom is 0.368 e. The van der Waals surface area contributed by atoms with Crippen molar-refractivity contribution in [2.24, 2.45) is 0 Å². The highest BCUT2D eigenvalue weighted by molar-refractivity contribution is 7.91. The molecule has 0 aliphatic carbocycles. The smallest absolute Gasteiger partial charge is 0.351 e. The van der Waals surface area contributed by atoms with Crippen molar-refractivity contribution in [1.29, 1.82) is 0 Å². The molecule has 1 saturated heterocycles. The third kappa shape index (κ3) is 3.47. The second-order valence-corrected chi connectivity index (χ2v) is 7.56. The number of para-hydroxylation sites is 1. The van der Waals surface area contributed by atoms with E-state index in [1.54, 1.807) is 24.3 Å². The summed E-state index contributed by atoms with van der Waals surface area (Å²) >= 11 is 0. The number of hydrogen-bond donors (Lipinski definition) is 1. The van der Waals surface area contributed by atoms with Crippen LogP contribution in [-0.2, 0) is 21.2 Å². The lowest BCUT2D eigenvalue weighted by Gasteiger charge is -2.09. The van der Waals surface area contributed by atoms with E-state index in [0.29, 0.717) is 12.1 Å². The van der Waals surface area contributed by atoms with Gasteiger partial charge in [-0.1, -0.05) is 18.2 Å². The van der Waals surface area contributed by atoms with Crippen molar-refractivity contribution in [2.75, 3.05) is 11.5 Å². The molecule has 0 bridgehead atoms. The molecule has 10 heteroatoms. The Morgan fingerprint density at radius 3 is 2.65 bits per heavy atom. The Morgan fingerprint density at radius 2 is 2.00 bits per heavy atom. The predicted octanol–water partition coefficient (Wildman–Crippen LogP) is -1.27. The summed E-state index contributed by atoms with van der Waals surface area (Å²) in [6.45, 7) is -0.303. The SMILES string of the molecule is O=C(Cn1nnn(-c2ccccc2)c1=O)N[C@H]1CCS(=O)(=O)C1. The highest BCUT2D eigenvalue weighted by Gasteiger charge is 2.29. The van der Waals surface area contributed by atoms with Crippen LogP contribution in [0.25, 0.3) is 5.69 Å². The molecule has 1 atom stereocenters. The lowest BCUT2D eigenvalue weighted by Crippen LogP contribution is -2.39. The first kappa shape index (κ1) is 15.4. The molecule has 0 spiro atoms. The second-order valence-electron chi connectivity index (χ2n) is 5.33. The number of aromatic nitrogens is 4. The monoisotopic (exact) mass is 337 g/mol. The van der Waals surface area contributed by atoms with Crippen molar-refractivity contribution in [3.05, 3.63) is 40.8 Å². The summed E-state index contributed by atoms with van der Waals surface area (Å²) in [6, 6.07) is 8.31. The summed E-state index contributed by atoms with van der Waals surface area (Å²) in [5.41, 5.74) is 0.0106. The number of carbonyl (C=O) groups is 1. The van der Waals surface area contributed by atoms with Gasteiger partial charge >= 0.3 is 5.69 Å². The van der Waals surface area contributed by atoms with Crippen molar-refractivity contribution in [3.63, 3.8) is 0 Å². The highest BCUT2D eigenvalue weighted by atomic mass is 32.2. The molecule has 1 aromatic heterocycles. The van der Waals surface area contributed by atoms with Crippen LogP contribution in [0, 0.1) is 0 Å². The average molecular weight is 337 g/mol. The van der Waals surface area contributed by atoms with E-state index in [4.69, 9.17) is 0 Å². The number of sulfone groups is 1. The van der Waals surface area contributed by atoms with E-state index in [0.717, 1.165) is 9.36 Å². The lowest BCUT2D eigenvalue weighted by molar-refractivity contribution is -0.122. The molecular weight excluding hydrogens is 322 g/mol. The van der Waals surface area contributed by atoms with E-state index in [9.17, 15) is 18.0 Å². The highest BCUT2D eigenvalue weighted by Crippen LogP contribution is 2.11. The number of amides is 1. The third-order valence-electron chi connectivity index (χ3n) is 3.53. The van der Waals surface area contributed by atoms with Gasteiger partial charge in [0.05, 0.1) is 17.2 Å². The first-order valence-electron chi connectivity index (χ1n) is 7.03. The van der Waals surface area contributed by atoms with Crippen molar-refractivity contribution >= 4 is 15.7 Å². The molecule has 1 N–H and O–H groups in total. The molecule has 9 nitrogen and oxygen atoms in total. The van der Waals surface area contributed by atoms with Gasteiger partial charge in [-0.15, -0.1) is 0 Å². The summed E-state index contributed by atoms with van der Waals surface area (Å²) in [7, 11) is -3.07. The number of nitrogens with one attached hydrogen (secondary N) is 1. The topological polar surface area (TPSA) is 116 Å². The molecule has 0 saturated carbocycles. The van der Waals surface area contributed by atoms with Crippen LogP contribution >= 0.6 is 0 Å². The molecule has 1 aromatic carbocycles. The fraction of sp³-hybridized carbons (Fsp3) is 0.385. The van der Waals surface area contributed by atoms with Crippen LogP contribution in [0.15, 0.2) is 35.1 Å². The zero-order chi connectivity index (χ0) is 16.4. The number of benzene rings is 1. The molecule has 122 valence electrons. The first-order valence-corrected chi connectivity index (χ1v) is 8.85. The molecule has 0 unspecified atom stereocenters. The standard InChI is InChI=1S/C13H15N5O4S/c19-12(14-10-6-7-23(21,22)9-10)8-17-13(20)18(16-15-17)11-4-2-1-3-5-11/h1-5,10H,6-9H2,(H,14,19)/t10-/m0/s1. The molecule has 1 aliphatic heterocycles. The number of hydrogen-bond acceptors (Lipinski definition) is 6. The predicted molar refractivity (Wildman–Crippen MR) is 80.8 cm³/mol. The zero-order valence-corrected chi connectivity index (χ0v) is 12.9. The maximum atomic E-state index is 12.2. The van der Waals surface area contributed by atoms with Gasteiger partial charge < -0.3 is 5.32 Å². The molecule has 0 radical (unpaired) electrons. The van der Waals surface area contributed by atoms with Crippen LogP contribution in [0.5, 0.6) is 0 Å². The normalized spacial score (nSPS) is 19.6. The van der Waals surface area contributed by atoms with E-state index in [-0.39, 0.29) is 18.1 Å². The van der Waals surface area contributed by atoms with Gasteiger partial charge in [0.25, 0.3) is 0 Å². The summed E-state index contributed by atoms with van der Waals surface area (Å²) in [4.78, 5) is 24.1. The van der Waals surface area contributed by atoms with E-state index >= 15 is 0 Å². The fourth-order valence-electron chi connectivity index (χ4n) is 2.42. The van der Waals surface area contributed by atoms with Gasteiger partial charge in [-0.2, -0.15) is 9.36 Å². The minimum absolute atomic E-state index is 0.0651. The van der Waals surface area contributed by atoms with Crippen molar-refractivity contribution < 1.29 is 13.2 Å². The number of rotatable bonds is 4. The lowest BCUT2D eigenvalue weighted by atomic mass is 10.2. The average Bonchev–Trinajstić information content (AvgIpc) is 3.03. The Kier molecular flexibility index (Phi) is 3.99. The van der Waals surface area contributed by atoms with Gasteiger partial charge in [-0.05, 0) is 29.0 Å². The second kappa shape index (κ2) is 5.95. The van der Waals surface area contributed by atoms with Crippen LogP contribution in [-0.4, -0.2) is 51.7 Å². The molecule has 3 rings (SSSR count). The Hall–Kier alpha value is -2.49. The minimum Gasteiger partial charge on any atom is -0.351 e. The minimum atomic E-state index is -3.07. The van der Waals surface area contributed by atoms with Crippen molar-refractivity contribution in [3.8, 4) is 5.69 Å². The Balaban J connectivity index is 1.68. The number of tetrazole rings is 1. The molecule has 23 heavy (non-hydrogen) atoms. The molecular formula is C13H15N5O4S. The van der Waals surface area contributed by atoms with Crippen LogP contribution in [0.3, 0.4) is 0 Å². The van der Waals surface area contributed by atoms with Gasteiger partial charge in [0.1, 0.15) is 6.54 Å². The molecule has 2 heterocycles. The van der Waals surface area contributed by atoms with E-state index in [1.807, 2.05) is 6.07 Å². The van der Waals surface area contributed by atoms with Crippen LogP contribution in [0.4, 0.5) is 0 Å². The van der Waals surface area contributed by atoms with E-state index < -0.39 is 27.5 Å². The van der Waals surface area contributed by atoms with Crippen LogP contribution < -0.4 is 11.0 Å². The van der Waals surface area contributed by atoms with Crippen LogP contribution in [0.1, 0.15) is 6.42 Å². The zero-order valence-electron chi connectivity index (χ0n) is 12.1. The largest absolute Gasteiger partial charge is 0.368 e. The summed E-state index contributed by atoms with van der Waals surface area (Å²) < 4.78 is 24.8. The summed E-state index contributed by atoms with van der Waals surface area (Å²) in [5, 5.41) is 10.0. The number of nitrogens with zero attached hydrogens (tertiary/aromatic N) is 4. The van der Waals surface area contributed by atoms with Gasteiger partial charge in [-0.3, -0.25) is 4.79 Å². The summed E-state index contributed by atoms with van der Waals surface area (Å²) in [5.74, 6) is -0.457. The van der Waals surface area contributed by atoms with Crippen molar-refractivity contribution in [2.45, 2.75) is 19.0 Å². The molecule has 1 fully saturated rings. The maximum absolute atomic E-state index is 12.2. The van der Waals surface area contributed by atoms with Gasteiger partial charge in [0.15, 0.2) is 9.84 Å². The Labute approximate surface area is 131 Å². The third-order valence-corrected chi connectivity index (χ3v) is 5.30. The van der Waals surface area contributed by atoms with Crippen molar-refractivity contribution in [1.82, 2.24) is 25.1 Å². The molecule has 1 amide bonds. The van der Waals surface area contributed by atoms with E-state index in [2.05, 4.69) is 15.7 Å². The Bertz CT molecular complexity index is 871. The number of carbonyl (C=O) groups excluding carboxylic acids is 1. The van der Waals surface area contributed by atoms with Gasteiger partial charge in [-0.25, -0.2) is 13.2 Å². The fourth-order valence-corrected chi connectivity index (χ4v) is 4.10. The quantitative estimate of drug-likeness (QED) is 0.744. The van der Waals surface area contributed by atoms with Gasteiger partial charge in [0.2, 0.25) is 5.91 Å².